The number of likely N-dealkylation sites (tertiary alicyclic amines) is 1. The minimum atomic E-state index is -0.144. The lowest BCUT2D eigenvalue weighted by molar-refractivity contribution is 0.176. The van der Waals surface area contributed by atoms with Crippen LogP contribution in [0.1, 0.15) is 23.5 Å². The Labute approximate surface area is 211 Å². The highest BCUT2D eigenvalue weighted by atomic mass is 127. The summed E-state index contributed by atoms with van der Waals surface area (Å²) in [4.78, 5) is 16.0. The number of thiazole rings is 1. The number of aromatic nitrogens is 1. The fourth-order valence-corrected chi connectivity index (χ4v) is 5.10. The zero-order valence-electron chi connectivity index (χ0n) is 19.0. The van der Waals surface area contributed by atoms with E-state index in [4.69, 9.17) is 0 Å². The van der Waals surface area contributed by atoms with Crippen molar-refractivity contribution in [1.29, 1.82) is 0 Å². The zero-order chi connectivity index (χ0) is 21.6. The molecule has 1 aromatic carbocycles. The second-order valence-corrected chi connectivity index (χ2v) is 9.49. The van der Waals surface area contributed by atoms with Gasteiger partial charge in [0.15, 0.2) is 5.96 Å². The first-order valence-electron chi connectivity index (χ1n) is 11.2. The van der Waals surface area contributed by atoms with E-state index in [1.54, 1.807) is 17.4 Å². The number of halogens is 2. The highest BCUT2D eigenvalue weighted by Crippen LogP contribution is 2.21. The van der Waals surface area contributed by atoms with Crippen LogP contribution >= 0.6 is 35.3 Å². The number of para-hydroxylation sites is 1. The Balaban J connectivity index is 0.00000289. The van der Waals surface area contributed by atoms with E-state index in [0.717, 1.165) is 63.3 Å². The van der Waals surface area contributed by atoms with Gasteiger partial charge in [0.25, 0.3) is 0 Å². The number of anilines is 1. The first-order chi connectivity index (χ1) is 15.1. The monoisotopic (exact) mass is 572 g/mol. The lowest BCUT2D eigenvalue weighted by Crippen LogP contribution is -2.53. The van der Waals surface area contributed by atoms with Crippen LogP contribution in [0.2, 0.25) is 0 Å². The summed E-state index contributed by atoms with van der Waals surface area (Å²) in [7, 11) is 1.85. The molecule has 9 heteroatoms. The fraction of sp³-hybridized carbons (Fsp3) is 0.565. The van der Waals surface area contributed by atoms with Crippen LogP contribution in [0.5, 0.6) is 0 Å². The van der Waals surface area contributed by atoms with Crippen molar-refractivity contribution in [3.63, 3.8) is 0 Å². The Morgan fingerprint density at radius 2 is 1.88 bits per heavy atom. The van der Waals surface area contributed by atoms with E-state index < -0.39 is 0 Å². The molecule has 2 aromatic rings. The van der Waals surface area contributed by atoms with E-state index in [0.29, 0.717) is 11.6 Å². The molecular weight excluding hydrogens is 538 g/mol. The van der Waals surface area contributed by atoms with Crippen molar-refractivity contribution in [1.82, 2.24) is 20.1 Å². The van der Waals surface area contributed by atoms with Crippen molar-refractivity contribution in [3.8, 4) is 0 Å². The number of aliphatic imine (C=N–C) groups is 1. The topological polar surface area (TPSA) is 47.0 Å². The molecule has 4 rings (SSSR count). The SMILES string of the molecule is CN=C(NCC1CCN(Cc2csc(C)n2)CC1)N1CCN(c2ccccc2F)CC1.I. The summed E-state index contributed by atoms with van der Waals surface area (Å²) >= 11 is 1.73. The number of nitrogens with zero attached hydrogens (tertiary/aromatic N) is 5. The van der Waals surface area contributed by atoms with Crippen molar-refractivity contribution in [2.45, 2.75) is 26.3 Å². The third-order valence-electron chi connectivity index (χ3n) is 6.29. The fourth-order valence-electron chi connectivity index (χ4n) is 4.49. The maximum atomic E-state index is 14.1. The predicted octanol–water partition coefficient (Wildman–Crippen LogP) is 3.82. The first kappa shape index (κ1) is 25.2. The lowest BCUT2D eigenvalue weighted by Gasteiger charge is -2.38. The van der Waals surface area contributed by atoms with Gasteiger partial charge in [0, 0.05) is 51.7 Å². The number of nitrogens with one attached hydrogen (secondary N) is 1. The summed E-state index contributed by atoms with van der Waals surface area (Å²) in [6, 6.07) is 7.03. The van der Waals surface area contributed by atoms with Crippen LogP contribution in [0.25, 0.3) is 0 Å². The molecular formula is C23H34FIN6S. The summed E-state index contributed by atoms with van der Waals surface area (Å²) < 4.78 is 14.1. The molecule has 0 amide bonds. The summed E-state index contributed by atoms with van der Waals surface area (Å²) in [5.74, 6) is 1.49. The average molecular weight is 573 g/mol. The molecule has 0 atom stereocenters. The average Bonchev–Trinajstić information content (AvgIpc) is 3.20. The zero-order valence-corrected chi connectivity index (χ0v) is 22.1. The number of hydrogen-bond donors (Lipinski definition) is 1. The Bertz CT molecular complexity index is 875. The van der Waals surface area contributed by atoms with Crippen LogP contribution in [-0.2, 0) is 6.54 Å². The minimum Gasteiger partial charge on any atom is -0.366 e. The number of benzene rings is 1. The van der Waals surface area contributed by atoms with Crippen LogP contribution in [0, 0.1) is 18.7 Å². The molecule has 2 aliphatic heterocycles. The molecule has 2 fully saturated rings. The third kappa shape index (κ3) is 6.54. The third-order valence-corrected chi connectivity index (χ3v) is 7.11. The van der Waals surface area contributed by atoms with E-state index >= 15 is 0 Å². The second-order valence-electron chi connectivity index (χ2n) is 8.43. The molecule has 2 aliphatic rings. The Morgan fingerprint density at radius 1 is 1.16 bits per heavy atom. The number of hydrogen-bond acceptors (Lipinski definition) is 5. The lowest BCUT2D eigenvalue weighted by atomic mass is 9.97. The molecule has 6 nitrogen and oxygen atoms in total. The van der Waals surface area contributed by atoms with E-state index in [1.165, 1.54) is 24.6 Å². The van der Waals surface area contributed by atoms with E-state index in [2.05, 4.69) is 42.3 Å². The van der Waals surface area contributed by atoms with E-state index in [1.807, 2.05) is 19.2 Å². The Kier molecular flexibility index (Phi) is 9.54. The largest absolute Gasteiger partial charge is 0.366 e. The van der Waals surface area contributed by atoms with E-state index in [-0.39, 0.29) is 29.8 Å². The maximum Gasteiger partial charge on any atom is 0.193 e. The van der Waals surface area contributed by atoms with Gasteiger partial charge < -0.3 is 15.1 Å². The summed E-state index contributed by atoms with van der Waals surface area (Å²) in [6.45, 7) is 9.55. The van der Waals surface area contributed by atoms with Gasteiger partial charge in [-0.1, -0.05) is 12.1 Å². The molecule has 176 valence electrons. The maximum absolute atomic E-state index is 14.1. The predicted molar refractivity (Wildman–Crippen MR) is 142 cm³/mol. The van der Waals surface area contributed by atoms with Crippen molar-refractivity contribution >= 4 is 47.0 Å². The van der Waals surface area contributed by atoms with E-state index in [9.17, 15) is 4.39 Å². The number of piperidine rings is 1. The Morgan fingerprint density at radius 3 is 2.50 bits per heavy atom. The van der Waals surface area contributed by atoms with Crippen LogP contribution in [-0.4, -0.2) is 73.6 Å². The van der Waals surface area contributed by atoms with Gasteiger partial charge in [-0.05, 0) is 50.9 Å². The molecule has 0 unspecified atom stereocenters. The molecule has 1 aromatic heterocycles. The summed E-state index contributed by atoms with van der Waals surface area (Å²) in [5.41, 5.74) is 1.90. The molecule has 0 bridgehead atoms. The Hall–Kier alpha value is -1.46. The van der Waals surface area contributed by atoms with Crippen LogP contribution < -0.4 is 10.2 Å². The van der Waals surface area contributed by atoms with Gasteiger partial charge in [-0.3, -0.25) is 9.89 Å². The molecule has 0 spiro atoms. The van der Waals surface area contributed by atoms with Crippen LogP contribution in [0.3, 0.4) is 0 Å². The van der Waals surface area contributed by atoms with Crippen molar-refractivity contribution in [2.75, 3.05) is 57.8 Å². The molecule has 0 radical (unpaired) electrons. The van der Waals surface area contributed by atoms with Crippen molar-refractivity contribution in [2.24, 2.45) is 10.9 Å². The van der Waals surface area contributed by atoms with Gasteiger partial charge in [-0.15, -0.1) is 35.3 Å². The van der Waals surface area contributed by atoms with Gasteiger partial charge >= 0.3 is 0 Å². The highest BCUT2D eigenvalue weighted by Gasteiger charge is 2.23. The smallest absolute Gasteiger partial charge is 0.193 e. The van der Waals surface area contributed by atoms with Crippen molar-refractivity contribution < 1.29 is 4.39 Å². The van der Waals surface area contributed by atoms with Gasteiger partial charge in [0.1, 0.15) is 5.82 Å². The van der Waals surface area contributed by atoms with Gasteiger partial charge in [-0.2, -0.15) is 0 Å². The van der Waals surface area contributed by atoms with Crippen LogP contribution in [0.4, 0.5) is 10.1 Å². The second kappa shape index (κ2) is 12.1. The normalized spacial score (nSPS) is 18.5. The quantitative estimate of drug-likeness (QED) is 0.336. The number of aryl methyl sites for hydroxylation is 1. The minimum absolute atomic E-state index is 0. The molecule has 0 aliphatic carbocycles. The first-order valence-corrected chi connectivity index (χ1v) is 12.1. The van der Waals surface area contributed by atoms with Crippen molar-refractivity contribution in [3.05, 3.63) is 46.2 Å². The number of guanidine groups is 1. The van der Waals surface area contributed by atoms with Gasteiger partial charge in [-0.25, -0.2) is 9.37 Å². The number of piperazine rings is 1. The molecule has 0 saturated carbocycles. The summed E-state index contributed by atoms with van der Waals surface area (Å²) in [5, 5.41) is 6.92. The van der Waals surface area contributed by atoms with Crippen LogP contribution in [0.15, 0.2) is 34.6 Å². The van der Waals surface area contributed by atoms with Gasteiger partial charge in [0.05, 0.1) is 16.4 Å². The molecule has 1 N–H and O–H groups in total. The molecule has 3 heterocycles. The standard InChI is InChI=1S/C23H33FN6S.HI/c1-18-27-20(17-31-18)16-28-9-7-19(8-10-28)15-26-23(25-2)30-13-11-29(12-14-30)22-6-4-3-5-21(22)24;/h3-6,17,19H,7-16H2,1-2H3,(H,25,26);1H. The highest BCUT2D eigenvalue weighted by molar-refractivity contribution is 14.0. The number of rotatable bonds is 5. The molecule has 2 saturated heterocycles. The summed E-state index contributed by atoms with van der Waals surface area (Å²) in [6.07, 6.45) is 2.41. The molecule has 32 heavy (non-hydrogen) atoms. The van der Waals surface area contributed by atoms with Gasteiger partial charge in [0.2, 0.25) is 0 Å².